The van der Waals surface area contributed by atoms with E-state index < -0.39 is 0 Å². The molecule has 1 aromatic rings. The zero-order chi connectivity index (χ0) is 13.5. The summed E-state index contributed by atoms with van der Waals surface area (Å²) in [4.78, 5) is 11.9. The Hall–Kier alpha value is -1.00. The molecule has 4 heteroatoms. The van der Waals surface area contributed by atoms with E-state index in [1.165, 1.54) is 12.8 Å². The standard InChI is InChI=1S/C15H22N2OS/c16-13(12-6-2-1-3-7-12)9-10-17-15(18)14-8-4-5-11-19-14/h1-3,6-7,13-14H,4-5,8-11,16H2,(H,17,18). The summed E-state index contributed by atoms with van der Waals surface area (Å²) in [5.74, 6) is 1.30. The Kier molecular flexibility index (Phi) is 5.73. The van der Waals surface area contributed by atoms with Gasteiger partial charge in [0.05, 0.1) is 5.25 Å². The zero-order valence-corrected chi connectivity index (χ0v) is 12.0. The summed E-state index contributed by atoms with van der Waals surface area (Å²) in [7, 11) is 0. The van der Waals surface area contributed by atoms with Crippen LogP contribution < -0.4 is 11.1 Å². The molecule has 19 heavy (non-hydrogen) atoms. The summed E-state index contributed by atoms with van der Waals surface area (Å²) in [6.45, 7) is 0.659. The van der Waals surface area contributed by atoms with E-state index in [1.807, 2.05) is 30.3 Å². The molecule has 2 atom stereocenters. The molecule has 2 unspecified atom stereocenters. The van der Waals surface area contributed by atoms with E-state index in [0.29, 0.717) is 6.54 Å². The molecule has 2 rings (SSSR count). The molecule has 1 aromatic carbocycles. The van der Waals surface area contributed by atoms with Crippen molar-refractivity contribution in [1.29, 1.82) is 0 Å². The van der Waals surface area contributed by atoms with Crippen molar-refractivity contribution in [2.45, 2.75) is 37.0 Å². The van der Waals surface area contributed by atoms with Crippen LogP contribution in [0.3, 0.4) is 0 Å². The van der Waals surface area contributed by atoms with Crippen molar-refractivity contribution in [3.8, 4) is 0 Å². The van der Waals surface area contributed by atoms with Crippen molar-refractivity contribution in [2.75, 3.05) is 12.3 Å². The van der Waals surface area contributed by atoms with E-state index >= 15 is 0 Å². The molecule has 104 valence electrons. The molecule has 0 spiro atoms. The maximum Gasteiger partial charge on any atom is 0.233 e. The topological polar surface area (TPSA) is 55.1 Å². The van der Waals surface area contributed by atoms with Gasteiger partial charge in [-0.15, -0.1) is 11.8 Å². The molecule has 1 fully saturated rings. The van der Waals surface area contributed by atoms with Crippen molar-refractivity contribution in [3.63, 3.8) is 0 Å². The summed E-state index contributed by atoms with van der Waals surface area (Å²) in [6, 6.07) is 10.0. The van der Waals surface area contributed by atoms with Gasteiger partial charge < -0.3 is 11.1 Å². The molecular formula is C15H22N2OS. The number of benzene rings is 1. The first-order chi connectivity index (χ1) is 9.27. The summed E-state index contributed by atoms with van der Waals surface area (Å²) < 4.78 is 0. The van der Waals surface area contributed by atoms with Crippen LogP contribution in [0.15, 0.2) is 30.3 Å². The largest absolute Gasteiger partial charge is 0.355 e. The van der Waals surface area contributed by atoms with E-state index in [9.17, 15) is 4.79 Å². The lowest BCUT2D eigenvalue weighted by molar-refractivity contribution is -0.120. The van der Waals surface area contributed by atoms with Crippen LogP contribution in [0.1, 0.15) is 37.3 Å². The van der Waals surface area contributed by atoms with Crippen LogP contribution in [0, 0.1) is 0 Å². The molecule has 0 bridgehead atoms. The Morgan fingerprint density at radius 1 is 1.37 bits per heavy atom. The van der Waals surface area contributed by atoms with E-state index in [4.69, 9.17) is 5.73 Å². The average molecular weight is 278 g/mol. The van der Waals surface area contributed by atoms with Crippen LogP contribution >= 0.6 is 11.8 Å². The molecule has 3 nitrogen and oxygen atoms in total. The van der Waals surface area contributed by atoms with E-state index in [0.717, 1.165) is 24.2 Å². The Balaban J connectivity index is 1.69. The summed E-state index contributed by atoms with van der Waals surface area (Å²) >= 11 is 1.78. The highest BCUT2D eigenvalue weighted by Crippen LogP contribution is 2.25. The first-order valence-electron chi connectivity index (χ1n) is 6.97. The van der Waals surface area contributed by atoms with Crippen LogP contribution in [0.4, 0.5) is 0 Å². The van der Waals surface area contributed by atoms with E-state index in [1.54, 1.807) is 11.8 Å². The predicted octanol–water partition coefficient (Wildman–Crippen LogP) is 2.48. The number of nitrogens with two attached hydrogens (primary N) is 1. The second kappa shape index (κ2) is 7.56. The molecule has 0 saturated carbocycles. The van der Waals surface area contributed by atoms with E-state index in [2.05, 4.69) is 5.32 Å². The molecule has 0 aromatic heterocycles. The third-order valence-electron chi connectivity index (χ3n) is 3.45. The van der Waals surface area contributed by atoms with Crippen molar-refractivity contribution >= 4 is 17.7 Å². The number of rotatable bonds is 5. The van der Waals surface area contributed by atoms with Gasteiger partial charge in [-0.2, -0.15) is 0 Å². The Bertz CT molecular complexity index is 390. The van der Waals surface area contributed by atoms with Gasteiger partial charge in [-0.05, 0) is 30.6 Å². The van der Waals surface area contributed by atoms with Crippen LogP contribution in [0.5, 0.6) is 0 Å². The van der Waals surface area contributed by atoms with Crippen LogP contribution in [0.25, 0.3) is 0 Å². The SMILES string of the molecule is NC(CCNC(=O)C1CCCCS1)c1ccccc1. The lowest BCUT2D eigenvalue weighted by atomic mass is 10.1. The Labute approximate surface area is 119 Å². The number of hydrogen-bond donors (Lipinski definition) is 2. The number of carbonyl (C=O) groups excluding carboxylic acids is 1. The monoisotopic (exact) mass is 278 g/mol. The fourth-order valence-corrected chi connectivity index (χ4v) is 3.50. The van der Waals surface area contributed by atoms with Crippen LogP contribution in [0.2, 0.25) is 0 Å². The fourth-order valence-electron chi connectivity index (χ4n) is 2.28. The molecule has 1 aliphatic rings. The normalized spacial score (nSPS) is 20.8. The number of hydrogen-bond acceptors (Lipinski definition) is 3. The Morgan fingerprint density at radius 2 is 2.16 bits per heavy atom. The number of nitrogens with one attached hydrogen (secondary N) is 1. The van der Waals surface area contributed by atoms with Gasteiger partial charge in [0.25, 0.3) is 0 Å². The fraction of sp³-hybridized carbons (Fsp3) is 0.533. The van der Waals surface area contributed by atoms with Crippen LogP contribution in [-0.4, -0.2) is 23.5 Å². The smallest absolute Gasteiger partial charge is 0.233 e. The maximum absolute atomic E-state index is 11.9. The number of amides is 1. The van der Waals surface area contributed by atoms with Gasteiger partial charge in [0.15, 0.2) is 0 Å². The molecule has 0 aliphatic carbocycles. The van der Waals surface area contributed by atoms with Gasteiger partial charge in [-0.1, -0.05) is 36.8 Å². The highest BCUT2D eigenvalue weighted by Gasteiger charge is 2.21. The third kappa shape index (κ3) is 4.55. The van der Waals surface area contributed by atoms with Crippen molar-refractivity contribution < 1.29 is 4.79 Å². The van der Waals surface area contributed by atoms with Gasteiger partial charge in [0.2, 0.25) is 5.91 Å². The first kappa shape index (κ1) is 14.4. The third-order valence-corrected chi connectivity index (χ3v) is 4.83. The molecular weight excluding hydrogens is 256 g/mol. The maximum atomic E-state index is 11.9. The molecule has 1 saturated heterocycles. The van der Waals surface area contributed by atoms with Gasteiger partial charge in [0.1, 0.15) is 0 Å². The molecule has 1 heterocycles. The minimum Gasteiger partial charge on any atom is -0.355 e. The Morgan fingerprint density at radius 3 is 2.84 bits per heavy atom. The summed E-state index contributed by atoms with van der Waals surface area (Å²) in [5.41, 5.74) is 7.23. The number of thioether (sulfide) groups is 1. The van der Waals surface area contributed by atoms with Crippen molar-refractivity contribution in [3.05, 3.63) is 35.9 Å². The molecule has 1 aliphatic heterocycles. The second-order valence-corrected chi connectivity index (χ2v) is 6.26. The number of carbonyl (C=O) groups is 1. The quantitative estimate of drug-likeness (QED) is 0.870. The minimum absolute atomic E-state index is 0.000471. The lowest BCUT2D eigenvalue weighted by Crippen LogP contribution is -2.35. The molecule has 1 amide bonds. The van der Waals surface area contributed by atoms with Crippen LogP contribution in [-0.2, 0) is 4.79 Å². The predicted molar refractivity (Wildman–Crippen MR) is 81.1 cm³/mol. The van der Waals surface area contributed by atoms with Gasteiger partial charge >= 0.3 is 0 Å². The first-order valence-corrected chi connectivity index (χ1v) is 8.02. The van der Waals surface area contributed by atoms with Crippen molar-refractivity contribution in [1.82, 2.24) is 5.32 Å². The van der Waals surface area contributed by atoms with E-state index in [-0.39, 0.29) is 17.2 Å². The molecule has 3 N–H and O–H groups in total. The zero-order valence-electron chi connectivity index (χ0n) is 11.2. The lowest BCUT2D eigenvalue weighted by Gasteiger charge is -2.21. The van der Waals surface area contributed by atoms with Gasteiger partial charge in [0, 0.05) is 12.6 Å². The summed E-state index contributed by atoms with van der Waals surface area (Å²) in [5, 5.41) is 3.17. The highest BCUT2D eigenvalue weighted by atomic mass is 32.2. The van der Waals surface area contributed by atoms with Gasteiger partial charge in [-0.25, -0.2) is 0 Å². The average Bonchev–Trinajstić information content (AvgIpc) is 2.49. The minimum atomic E-state index is 0.000471. The second-order valence-electron chi connectivity index (χ2n) is 4.95. The van der Waals surface area contributed by atoms with Crippen molar-refractivity contribution in [2.24, 2.45) is 5.73 Å². The highest BCUT2D eigenvalue weighted by molar-refractivity contribution is 8.00. The summed E-state index contributed by atoms with van der Waals surface area (Å²) in [6.07, 6.45) is 4.22. The van der Waals surface area contributed by atoms with Gasteiger partial charge in [-0.3, -0.25) is 4.79 Å². The molecule has 0 radical (unpaired) electrons.